The number of benzene rings is 1. The predicted octanol–water partition coefficient (Wildman–Crippen LogP) is 3.83. The summed E-state index contributed by atoms with van der Waals surface area (Å²) in [5.74, 6) is -0.0363. The average Bonchev–Trinajstić information content (AvgIpc) is 2.88. The number of nitrogens with one attached hydrogen (secondary N) is 1. The molecule has 2 heterocycles. The summed E-state index contributed by atoms with van der Waals surface area (Å²) >= 11 is 0. The highest BCUT2D eigenvalue weighted by molar-refractivity contribution is 6.24. The molecule has 6 heteroatoms. The topological polar surface area (TPSA) is 67.9 Å². The van der Waals surface area contributed by atoms with E-state index in [2.05, 4.69) is 17.4 Å². The number of esters is 1. The molecule has 0 aliphatic carbocycles. The number of piperidine rings is 1. The standard InChI is InChI=1S/C24H34N2O4/c1-8-29-26-11-9-24(10-12-26)20(30-22(28)23(5,6)7)19(21(27)25-24)18-16(3)13-15(2)14-17(18)4/h13-14H,8-12H2,1-7H3,(H,25,27). The van der Waals surface area contributed by atoms with E-state index in [1.807, 2.05) is 53.5 Å². The van der Waals surface area contributed by atoms with Gasteiger partial charge in [0, 0.05) is 13.1 Å². The van der Waals surface area contributed by atoms with Gasteiger partial charge in [0.2, 0.25) is 0 Å². The first-order valence-electron chi connectivity index (χ1n) is 10.7. The zero-order chi connectivity index (χ0) is 22.3. The largest absolute Gasteiger partial charge is 0.427 e. The summed E-state index contributed by atoms with van der Waals surface area (Å²) in [7, 11) is 0. The first-order chi connectivity index (χ1) is 14.0. The molecule has 0 saturated carbocycles. The number of rotatable bonds is 4. The van der Waals surface area contributed by atoms with Crippen LogP contribution < -0.4 is 5.32 Å². The van der Waals surface area contributed by atoms with Crippen molar-refractivity contribution in [2.45, 2.75) is 66.8 Å². The van der Waals surface area contributed by atoms with Gasteiger partial charge in [0.15, 0.2) is 0 Å². The van der Waals surface area contributed by atoms with Crippen LogP contribution in [-0.2, 0) is 19.2 Å². The van der Waals surface area contributed by atoms with Gasteiger partial charge in [-0.25, -0.2) is 0 Å². The Balaban J connectivity index is 2.12. The van der Waals surface area contributed by atoms with E-state index in [4.69, 9.17) is 9.57 Å². The Hall–Kier alpha value is -2.18. The van der Waals surface area contributed by atoms with Crippen molar-refractivity contribution < 1.29 is 19.2 Å². The molecule has 0 radical (unpaired) electrons. The highest BCUT2D eigenvalue weighted by atomic mass is 16.7. The van der Waals surface area contributed by atoms with E-state index < -0.39 is 11.0 Å². The van der Waals surface area contributed by atoms with Crippen molar-refractivity contribution >= 4 is 17.4 Å². The van der Waals surface area contributed by atoms with Gasteiger partial charge in [-0.05, 0) is 78.0 Å². The third-order valence-electron chi connectivity index (χ3n) is 5.86. The zero-order valence-corrected chi connectivity index (χ0v) is 19.3. The lowest BCUT2D eigenvalue weighted by Gasteiger charge is -2.39. The third-order valence-corrected chi connectivity index (χ3v) is 5.86. The Morgan fingerprint density at radius 1 is 1.13 bits per heavy atom. The second-order valence-electron chi connectivity index (χ2n) is 9.50. The van der Waals surface area contributed by atoms with Crippen LogP contribution >= 0.6 is 0 Å². The van der Waals surface area contributed by atoms with Gasteiger partial charge in [0.25, 0.3) is 5.91 Å². The van der Waals surface area contributed by atoms with Crippen molar-refractivity contribution in [3.63, 3.8) is 0 Å². The van der Waals surface area contributed by atoms with Gasteiger partial charge < -0.3 is 10.1 Å². The van der Waals surface area contributed by atoms with Gasteiger partial charge in [-0.2, -0.15) is 5.06 Å². The Labute approximate surface area is 179 Å². The fourth-order valence-corrected chi connectivity index (χ4v) is 4.41. The highest BCUT2D eigenvalue weighted by Crippen LogP contribution is 2.43. The molecule has 3 rings (SSSR count). The summed E-state index contributed by atoms with van der Waals surface area (Å²) in [4.78, 5) is 31.8. The maximum Gasteiger partial charge on any atom is 0.316 e. The first kappa shape index (κ1) is 22.5. The van der Waals surface area contributed by atoms with Crippen LogP contribution in [0.15, 0.2) is 17.9 Å². The molecule has 1 amide bonds. The number of aryl methyl sites for hydroxylation is 3. The highest BCUT2D eigenvalue weighted by Gasteiger charge is 2.50. The van der Waals surface area contributed by atoms with E-state index in [0.29, 0.717) is 43.9 Å². The predicted molar refractivity (Wildman–Crippen MR) is 116 cm³/mol. The molecule has 1 fully saturated rings. The molecule has 0 bridgehead atoms. The van der Waals surface area contributed by atoms with Gasteiger partial charge in [-0.3, -0.25) is 14.4 Å². The van der Waals surface area contributed by atoms with Gasteiger partial charge in [0.05, 0.1) is 17.6 Å². The lowest BCUT2D eigenvalue weighted by atomic mass is 9.84. The van der Waals surface area contributed by atoms with E-state index in [1.54, 1.807) is 0 Å². The summed E-state index contributed by atoms with van der Waals surface area (Å²) in [6, 6.07) is 4.13. The number of amides is 1. The quantitative estimate of drug-likeness (QED) is 0.759. The summed E-state index contributed by atoms with van der Waals surface area (Å²) in [5, 5.41) is 5.10. The van der Waals surface area contributed by atoms with Crippen molar-refractivity contribution in [2.75, 3.05) is 19.7 Å². The summed E-state index contributed by atoms with van der Waals surface area (Å²) in [6.45, 7) is 15.4. The molecule has 0 atom stereocenters. The molecular weight excluding hydrogens is 380 g/mol. The summed E-state index contributed by atoms with van der Waals surface area (Å²) in [6.07, 6.45) is 1.25. The first-order valence-corrected chi connectivity index (χ1v) is 10.7. The second-order valence-corrected chi connectivity index (χ2v) is 9.50. The monoisotopic (exact) mass is 414 g/mol. The molecule has 30 heavy (non-hydrogen) atoms. The van der Waals surface area contributed by atoms with Crippen molar-refractivity contribution in [2.24, 2.45) is 5.41 Å². The van der Waals surface area contributed by atoms with Crippen LogP contribution in [0.2, 0.25) is 0 Å². The molecule has 1 N–H and O–H groups in total. The molecule has 1 saturated heterocycles. The van der Waals surface area contributed by atoms with E-state index in [1.165, 1.54) is 0 Å². The van der Waals surface area contributed by atoms with Crippen molar-refractivity contribution in [1.82, 2.24) is 10.4 Å². The third kappa shape index (κ3) is 4.16. The molecular formula is C24H34N2O4. The number of hydrogen-bond donors (Lipinski definition) is 1. The Bertz CT molecular complexity index is 864. The number of hydrogen-bond acceptors (Lipinski definition) is 5. The molecule has 1 spiro atoms. The SMILES string of the molecule is CCON1CCC2(CC1)NC(=O)C(c1c(C)cc(C)cc1C)=C2OC(=O)C(C)(C)C. The Morgan fingerprint density at radius 3 is 2.20 bits per heavy atom. The molecule has 2 aliphatic heterocycles. The van der Waals surface area contributed by atoms with Crippen LogP contribution in [0.1, 0.15) is 62.8 Å². The number of hydroxylamine groups is 2. The molecule has 6 nitrogen and oxygen atoms in total. The van der Waals surface area contributed by atoms with E-state index in [9.17, 15) is 9.59 Å². The maximum absolute atomic E-state index is 13.3. The average molecular weight is 415 g/mol. The minimum absolute atomic E-state index is 0.174. The van der Waals surface area contributed by atoms with Crippen LogP contribution in [0.25, 0.3) is 5.57 Å². The van der Waals surface area contributed by atoms with Gasteiger partial charge in [-0.1, -0.05) is 17.7 Å². The van der Waals surface area contributed by atoms with Crippen molar-refractivity contribution in [3.8, 4) is 0 Å². The number of carbonyl (C=O) groups is 2. The smallest absolute Gasteiger partial charge is 0.316 e. The zero-order valence-electron chi connectivity index (χ0n) is 19.3. The van der Waals surface area contributed by atoms with Gasteiger partial charge in [-0.15, -0.1) is 0 Å². The van der Waals surface area contributed by atoms with E-state index >= 15 is 0 Å². The summed E-state index contributed by atoms with van der Waals surface area (Å²) < 4.78 is 6.04. The number of ether oxygens (including phenoxy) is 1. The minimum atomic E-state index is -0.690. The number of nitrogens with zero attached hydrogens (tertiary/aromatic N) is 1. The van der Waals surface area contributed by atoms with Crippen LogP contribution in [0, 0.1) is 26.2 Å². The second kappa shape index (κ2) is 8.16. The number of carbonyl (C=O) groups excluding carboxylic acids is 2. The molecule has 164 valence electrons. The maximum atomic E-state index is 13.3. The van der Waals surface area contributed by atoms with Crippen LogP contribution in [0.4, 0.5) is 0 Å². The van der Waals surface area contributed by atoms with Gasteiger partial charge >= 0.3 is 5.97 Å². The van der Waals surface area contributed by atoms with Crippen molar-refractivity contribution in [3.05, 3.63) is 40.1 Å². The normalized spacial score (nSPS) is 19.4. The van der Waals surface area contributed by atoms with Crippen LogP contribution in [0.3, 0.4) is 0 Å². The lowest BCUT2D eigenvalue weighted by Crippen LogP contribution is -2.53. The molecule has 1 aromatic rings. The van der Waals surface area contributed by atoms with Gasteiger partial charge in [0.1, 0.15) is 11.3 Å². The Kier molecular flexibility index (Phi) is 6.12. The molecule has 1 aromatic carbocycles. The summed E-state index contributed by atoms with van der Waals surface area (Å²) in [5.41, 5.74) is 3.14. The molecule has 2 aliphatic rings. The fraction of sp³-hybridized carbons (Fsp3) is 0.583. The molecule has 0 unspecified atom stereocenters. The fourth-order valence-electron chi connectivity index (χ4n) is 4.41. The van der Waals surface area contributed by atoms with E-state index in [-0.39, 0.29) is 11.9 Å². The van der Waals surface area contributed by atoms with Crippen molar-refractivity contribution in [1.29, 1.82) is 0 Å². The van der Waals surface area contributed by atoms with E-state index in [0.717, 1.165) is 22.3 Å². The minimum Gasteiger partial charge on any atom is -0.427 e. The Morgan fingerprint density at radius 2 is 1.70 bits per heavy atom. The molecule has 0 aromatic heterocycles. The van der Waals surface area contributed by atoms with Crippen LogP contribution in [-0.4, -0.2) is 42.2 Å². The van der Waals surface area contributed by atoms with Crippen LogP contribution in [0.5, 0.6) is 0 Å². The lowest BCUT2D eigenvalue weighted by molar-refractivity contribution is -0.174.